The van der Waals surface area contributed by atoms with Crippen LogP contribution in [0.25, 0.3) is 0 Å². The molecule has 9 heteroatoms. The lowest BCUT2D eigenvalue weighted by Gasteiger charge is -2.49. The number of phenolic OH excluding ortho intramolecular Hbond substituents is 1. The Labute approximate surface area is 267 Å². The molecule has 4 fully saturated rings. The van der Waals surface area contributed by atoms with Gasteiger partial charge in [0.15, 0.2) is 0 Å². The van der Waals surface area contributed by atoms with Crippen molar-refractivity contribution < 1.29 is 29.0 Å². The molecule has 1 N–H and O–H groups in total. The molecule has 5 aliphatic rings. The van der Waals surface area contributed by atoms with Crippen LogP contribution in [-0.4, -0.2) is 55.0 Å². The van der Waals surface area contributed by atoms with Crippen LogP contribution in [0.15, 0.2) is 90.5 Å². The molecule has 46 heavy (non-hydrogen) atoms. The Morgan fingerprint density at radius 2 is 1.39 bits per heavy atom. The molecule has 0 spiro atoms. The molecule has 8 rings (SSSR count). The van der Waals surface area contributed by atoms with Crippen molar-refractivity contribution in [3.63, 3.8) is 0 Å². The lowest BCUT2D eigenvalue weighted by molar-refractivity contribution is -0.131. The molecule has 2 aliphatic carbocycles. The fourth-order valence-electron chi connectivity index (χ4n) is 8.80. The molecular formula is C37H35N3O6. The molecule has 0 aromatic heterocycles. The third-order valence-corrected chi connectivity index (χ3v) is 11.0. The summed E-state index contributed by atoms with van der Waals surface area (Å²) in [5.41, 5.74) is 2.25. The first kappa shape index (κ1) is 28.7. The van der Waals surface area contributed by atoms with Gasteiger partial charge < -0.3 is 14.7 Å². The number of imide groups is 2. The van der Waals surface area contributed by atoms with E-state index >= 15 is 0 Å². The quantitative estimate of drug-likeness (QED) is 0.335. The number of nitrogens with zero attached hydrogens (tertiary/aromatic N) is 3. The average Bonchev–Trinajstić information content (AvgIpc) is 3.45. The maximum atomic E-state index is 14.4. The number of allylic oxidation sites excluding steroid dienone is 2. The van der Waals surface area contributed by atoms with Crippen molar-refractivity contribution in [2.45, 2.75) is 25.7 Å². The highest BCUT2D eigenvalue weighted by molar-refractivity contribution is 6.25. The molecule has 234 valence electrons. The number of carbonyl (C=O) groups is 4. The summed E-state index contributed by atoms with van der Waals surface area (Å²) in [5, 5.41) is 11.1. The molecule has 3 heterocycles. The highest BCUT2D eigenvalue weighted by atomic mass is 16.5. The number of amides is 4. The molecular weight excluding hydrogens is 582 g/mol. The van der Waals surface area contributed by atoms with Crippen LogP contribution >= 0.6 is 0 Å². The van der Waals surface area contributed by atoms with Gasteiger partial charge in [0.25, 0.3) is 0 Å². The maximum Gasteiger partial charge on any atom is 0.241 e. The normalized spacial score (nSPS) is 30.7. The number of ether oxygens (including phenoxy) is 1. The number of rotatable bonds is 4. The first-order chi connectivity index (χ1) is 22.3. The molecule has 9 nitrogen and oxygen atoms in total. The zero-order valence-corrected chi connectivity index (χ0v) is 25.5. The number of aromatic hydroxyl groups is 1. The maximum absolute atomic E-state index is 14.4. The van der Waals surface area contributed by atoms with Crippen molar-refractivity contribution in [2.24, 2.45) is 29.1 Å². The molecule has 0 radical (unpaired) electrons. The number of morpholine rings is 1. The number of hydrogen-bond acceptors (Lipinski definition) is 7. The number of benzene rings is 3. The smallest absolute Gasteiger partial charge is 0.241 e. The highest BCUT2D eigenvalue weighted by Gasteiger charge is 2.68. The van der Waals surface area contributed by atoms with Gasteiger partial charge in [0.05, 0.1) is 47.8 Å². The fraction of sp³-hybridized carbons (Fsp3) is 0.351. The standard InChI is InChI=1S/C37H35N3O6/c1-37-29(34(43)40(36(37)45)23-7-3-2-4-8-23)21-28-25(32(37)26-9-5-6-10-30(26)41)15-16-27-31(28)35(44)39(33(27)42)24-13-11-22(12-14-24)38-17-19-46-20-18-38/h2-15,27-29,31-32,41H,16-21H2,1H3. The lowest BCUT2D eigenvalue weighted by Crippen LogP contribution is -2.48. The first-order valence-electron chi connectivity index (χ1n) is 16.0. The van der Waals surface area contributed by atoms with Crippen molar-refractivity contribution in [3.05, 3.63) is 96.1 Å². The number of para-hydroxylation sites is 2. The van der Waals surface area contributed by atoms with Gasteiger partial charge in [-0.2, -0.15) is 0 Å². The topological polar surface area (TPSA) is 107 Å². The van der Waals surface area contributed by atoms with Crippen LogP contribution in [0.3, 0.4) is 0 Å². The Morgan fingerprint density at radius 1 is 0.739 bits per heavy atom. The van der Waals surface area contributed by atoms with Crippen LogP contribution in [0.2, 0.25) is 0 Å². The Morgan fingerprint density at radius 3 is 2.11 bits per heavy atom. The molecule has 3 aromatic rings. The van der Waals surface area contributed by atoms with Crippen molar-refractivity contribution in [2.75, 3.05) is 41.0 Å². The van der Waals surface area contributed by atoms with Crippen LogP contribution < -0.4 is 14.7 Å². The minimum absolute atomic E-state index is 0.0327. The van der Waals surface area contributed by atoms with E-state index in [1.165, 1.54) is 9.80 Å². The van der Waals surface area contributed by atoms with Crippen molar-refractivity contribution in [3.8, 4) is 5.75 Å². The van der Waals surface area contributed by atoms with E-state index in [9.17, 15) is 24.3 Å². The Bertz CT molecular complexity index is 1780. The van der Waals surface area contributed by atoms with E-state index in [2.05, 4.69) is 4.90 Å². The summed E-state index contributed by atoms with van der Waals surface area (Å²) in [6.45, 7) is 4.70. The molecule has 3 saturated heterocycles. The molecule has 1 saturated carbocycles. The zero-order chi connectivity index (χ0) is 31.7. The molecule has 3 aliphatic heterocycles. The van der Waals surface area contributed by atoms with Crippen molar-refractivity contribution in [1.82, 2.24) is 0 Å². The van der Waals surface area contributed by atoms with E-state index in [0.717, 1.165) is 24.4 Å². The van der Waals surface area contributed by atoms with Crippen molar-refractivity contribution in [1.29, 1.82) is 0 Å². The Hall–Kier alpha value is -4.76. The predicted molar refractivity (Wildman–Crippen MR) is 171 cm³/mol. The summed E-state index contributed by atoms with van der Waals surface area (Å²) in [5.74, 6) is -4.17. The second-order valence-electron chi connectivity index (χ2n) is 13.2. The van der Waals surface area contributed by atoms with E-state index in [4.69, 9.17) is 4.74 Å². The van der Waals surface area contributed by atoms with Crippen LogP contribution in [0, 0.1) is 29.1 Å². The van der Waals surface area contributed by atoms with Gasteiger partial charge in [-0.25, -0.2) is 4.90 Å². The van der Waals surface area contributed by atoms with Crippen LogP contribution in [0.5, 0.6) is 5.75 Å². The number of phenols is 1. The van der Waals surface area contributed by atoms with E-state index in [0.29, 0.717) is 36.6 Å². The Balaban J connectivity index is 1.18. The van der Waals surface area contributed by atoms with Gasteiger partial charge in [-0.1, -0.05) is 48.0 Å². The number of carbonyl (C=O) groups excluding carboxylic acids is 4. The summed E-state index contributed by atoms with van der Waals surface area (Å²) in [6.07, 6.45) is 2.62. The fourth-order valence-corrected chi connectivity index (χ4v) is 8.80. The SMILES string of the molecule is CC12C(=O)N(c3ccccc3)C(=O)C1CC1C(=CCC3C(=O)N(c4ccc(N5CCOCC5)cc4)C(=O)C31)C2c1ccccc1O. The number of hydrogen-bond donors (Lipinski definition) is 1. The second-order valence-corrected chi connectivity index (χ2v) is 13.2. The monoisotopic (exact) mass is 617 g/mol. The second kappa shape index (κ2) is 10.7. The van der Waals surface area contributed by atoms with E-state index in [1.807, 2.05) is 49.4 Å². The third-order valence-electron chi connectivity index (χ3n) is 11.0. The molecule has 6 unspecified atom stereocenters. The lowest BCUT2D eigenvalue weighted by atomic mass is 9.51. The van der Waals surface area contributed by atoms with Gasteiger partial charge in [-0.05, 0) is 68.1 Å². The predicted octanol–water partition coefficient (Wildman–Crippen LogP) is 4.66. The highest BCUT2D eigenvalue weighted by Crippen LogP contribution is 2.64. The third kappa shape index (κ3) is 4.04. The van der Waals surface area contributed by atoms with Gasteiger partial charge in [-0.3, -0.25) is 24.1 Å². The van der Waals surface area contributed by atoms with Gasteiger partial charge in [0, 0.05) is 30.3 Å². The average molecular weight is 618 g/mol. The minimum Gasteiger partial charge on any atom is -0.508 e. The van der Waals surface area contributed by atoms with Crippen LogP contribution in [0.1, 0.15) is 31.2 Å². The van der Waals surface area contributed by atoms with E-state index in [-0.39, 0.29) is 35.8 Å². The molecule has 0 bridgehead atoms. The van der Waals surface area contributed by atoms with E-state index in [1.54, 1.807) is 42.5 Å². The summed E-state index contributed by atoms with van der Waals surface area (Å²) in [4.78, 5) is 61.7. The Kier molecular flexibility index (Phi) is 6.65. The van der Waals surface area contributed by atoms with Gasteiger partial charge in [-0.15, -0.1) is 0 Å². The number of anilines is 3. The van der Waals surface area contributed by atoms with Crippen LogP contribution in [0.4, 0.5) is 17.1 Å². The molecule has 6 atom stereocenters. The summed E-state index contributed by atoms with van der Waals surface area (Å²) in [6, 6.07) is 23.4. The summed E-state index contributed by atoms with van der Waals surface area (Å²) in [7, 11) is 0. The van der Waals surface area contributed by atoms with Gasteiger partial charge in [0.2, 0.25) is 23.6 Å². The van der Waals surface area contributed by atoms with Gasteiger partial charge >= 0.3 is 0 Å². The molecule has 3 aromatic carbocycles. The minimum atomic E-state index is -1.19. The summed E-state index contributed by atoms with van der Waals surface area (Å²) >= 11 is 0. The number of fused-ring (bicyclic) bond motifs is 4. The van der Waals surface area contributed by atoms with Gasteiger partial charge in [0.1, 0.15) is 5.75 Å². The largest absolute Gasteiger partial charge is 0.508 e. The molecule has 4 amide bonds. The van der Waals surface area contributed by atoms with Crippen molar-refractivity contribution >= 4 is 40.7 Å². The van der Waals surface area contributed by atoms with E-state index < -0.39 is 35.0 Å². The first-order valence-corrected chi connectivity index (χ1v) is 16.0. The van der Waals surface area contributed by atoms with Crippen LogP contribution in [-0.2, 0) is 23.9 Å². The summed E-state index contributed by atoms with van der Waals surface area (Å²) < 4.78 is 5.47. The zero-order valence-electron chi connectivity index (χ0n) is 25.5.